The molecule has 1 aromatic rings. The van der Waals surface area contributed by atoms with Gasteiger partial charge in [-0.05, 0) is 56.5 Å². The number of hydrogen-bond donors (Lipinski definition) is 6. The van der Waals surface area contributed by atoms with Crippen molar-refractivity contribution >= 4 is 23.4 Å². The average molecular weight is 481 g/mol. The Kier molecular flexibility index (Phi) is 5.47. The first-order chi connectivity index (χ1) is 16.3. The van der Waals surface area contributed by atoms with Gasteiger partial charge in [0.15, 0.2) is 11.4 Å². The van der Waals surface area contributed by atoms with E-state index in [4.69, 9.17) is 11.5 Å². The normalized spacial score (nSPS) is 27.6. The second-order valence-electron chi connectivity index (χ2n) is 9.06. The third kappa shape index (κ3) is 3.30. The lowest BCUT2D eigenvalue weighted by Crippen LogP contribution is -2.63. The predicted octanol–water partition coefficient (Wildman–Crippen LogP) is -1.04. The van der Waals surface area contributed by atoms with E-state index in [1.54, 1.807) is 14.1 Å². The summed E-state index contributed by atoms with van der Waals surface area (Å²) in [7, 11) is 3.09. The van der Waals surface area contributed by atoms with E-state index in [1.165, 1.54) is 17.0 Å². The molecule has 4 rings (SSSR count). The van der Waals surface area contributed by atoms with E-state index in [1.807, 2.05) is 0 Å². The number of primary amides is 2. The molecule has 11 heteroatoms. The third-order valence-electron chi connectivity index (χ3n) is 6.93. The molecular formula is C24H23N3O8. The SMILES string of the molecule is CN(C)C1C(O)=C(C(N)=O)C(=O)C2(O)C(O)=C3C(=O)c4c(O)ccc(C#CC(N)=O)c4CC3CC12. The number of nitrogens with two attached hydrogens (primary N) is 2. The molecule has 0 aromatic heterocycles. The number of Topliss-reactive ketones (excluding diaryl/α,β-unsaturated/α-hetero) is 2. The van der Waals surface area contributed by atoms with Crippen molar-refractivity contribution < 1.29 is 39.6 Å². The third-order valence-corrected chi connectivity index (χ3v) is 6.93. The van der Waals surface area contributed by atoms with Crippen LogP contribution in [0.2, 0.25) is 0 Å². The van der Waals surface area contributed by atoms with Crippen molar-refractivity contribution in [2.45, 2.75) is 24.5 Å². The molecule has 1 aromatic carbocycles. The average Bonchev–Trinajstić information content (AvgIpc) is 2.75. The van der Waals surface area contributed by atoms with E-state index in [0.29, 0.717) is 5.56 Å². The number of aliphatic hydroxyl groups is 3. The maximum atomic E-state index is 13.5. The van der Waals surface area contributed by atoms with Crippen LogP contribution >= 0.6 is 0 Å². The van der Waals surface area contributed by atoms with E-state index in [0.717, 1.165) is 0 Å². The van der Waals surface area contributed by atoms with E-state index < -0.39 is 69.7 Å². The van der Waals surface area contributed by atoms with Crippen molar-refractivity contribution in [2.75, 3.05) is 14.1 Å². The number of carbonyl (C=O) groups is 4. The van der Waals surface area contributed by atoms with Crippen LogP contribution < -0.4 is 11.5 Å². The summed E-state index contributed by atoms with van der Waals surface area (Å²) < 4.78 is 0. The number of hydrogen-bond acceptors (Lipinski definition) is 9. The van der Waals surface area contributed by atoms with Crippen LogP contribution in [0.5, 0.6) is 5.75 Å². The fraction of sp³-hybridized carbons (Fsp3) is 0.333. The number of ketones is 2. The number of allylic oxidation sites excluding steroid dienone is 1. The number of rotatable bonds is 2. The van der Waals surface area contributed by atoms with Crippen LogP contribution in [-0.2, 0) is 20.8 Å². The summed E-state index contributed by atoms with van der Waals surface area (Å²) in [5, 5.41) is 43.9. The minimum absolute atomic E-state index is 0.0515. The molecule has 8 N–H and O–H groups in total. The second-order valence-corrected chi connectivity index (χ2v) is 9.06. The zero-order valence-electron chi connectivity index (χ0n) is 18.8. The Morgan fingerprint density at radius 1 is 1.14 bits per heavy atom. The van der Waals surface area contributed by atoms with Gasteiger partial charge in [-0.15, -0.1) is 0 Å². The van der Waals surface area contributed by atoms with Gasteiger partial charge in [-0.2, -0.15) is 0 Å². The fourth-order valence-corrected chi connectivity index (χ4v) is 5.50. The number of likely N-dealkylation sites (N-methyl/N-ethyl adjacent to an activating group) is 1. The van der Waals surface area contributed by atoms with E-state index in [9.17, 15) is 39.6 Å². The zero-order valence-corrected chi connectivity index (χ0v) is 18.8. The van der Waals surface area contributed by atoms with Crippen LogP contribution in [0.4, 0.5) is 0 Å². The summed E-state index contributed by atoms with van der Waals surface area (Å²) in [6, 6.07) is 1.53. The van der Waals surface area contributed by atoms with Crippen molar-refractivity contribution in [3.63, 3.8) is 0 Å². The van der Waals surface area contributed by atoms with Gasteiger partial charge in [0.1, 0.15) is 22.8 Å². The fourth-order valence-electron chi connectivity index (χ4n) is 5.50. The van der Waals surface area contributed by atoms with Crippen molar-refractivity contribution in [2.24, 2.45) is 23.3 Å². The highest BCUT2D eigenvalue weighted by atomic mass is 16.3. The number of benzene rings is 1. The zero-order chi connectivity index (χ0) is 26.0. The topological polar surface area (TPSA) is 204 Å². The molecule has 4 unspecified atom stereocenters. The molecule has 2 amide bonds. The highest BCUT2D eigenvalue weighted by molar-refractivity contribution is 6.24. The first-order valence-corrected chi connectivity index (χ1v) is 10.6. The molecule has 3 aliphatic rings. The van der Waals surface area contributed by atoms with E-state index >= 15 is 0 Å². The van der Waals surface area contributed by atoms with Gasteiger partial charge in [-0.25, -0.2) is 0 Å². The van der Waals surface area contributed by atoms with Gasteiger partial charge in [0.25, 0.3) is 11.8 Å². The molecule has 182 valence electrons. The van der Waals surface area contributed by atoms with Crippen molar-refractivity contribution in [1.29, 1.82) is 0 Å². The van der Waals surface area contributed by atoms with Gasteiger partial charge in [0.2, 0.25) is 5.78 Å². The largest absolute Gasteiger partial charge is 0.510 e. The molecule has 0 saturated carbocycles. The van der Waals surface area contributed by atoms with Gasteiger partial charge in [0.05, 0.1) is 11.6 Å². The lowest BCUT2D eigenvalue weighted by molar-refractivity contribution is -0.148. The van der Waals surface area contributed by atoms with Crippen molar-refractivity contribution in [3.05, 3.63) is 51.5 Å². The summed E-state index contributed by atoms with van der Waals surface area (Å²) in [6.07, 6.45) is 0.00974. The van der Waals surface area contributed by atoms with Crippen LogP contribution in [0.25, 0.3) is 0 Å². The van der Waals surface area contributed by atoms with E-state index in [2.05, 4.69) is 11.8 Å². The van der Waals surface area contributed by atoms with Crippen molar-refractivity contribution in [3.8, 4) is 17.6 Å². The Morgan fingerprint density at radius 2 is 1.80 bits per heavy atom. The highest BCUT2D eigenvalue weighted by Crippen LogP contribution is 2.52. The molecule has 11 nitrogen and oxygen atoms in total. The molecular weight excluding hydrogens is 458 g/mol. The van der Waals surface area contributed by atoms with Crippen LogP contribution in [0, 0.1) is 23.7 Å². The Hall–Kier alpha value is -4.14. The number of amides is 2. The molecule has 35 heavy (non-hydrogen) atoms. The quantitative estimate of drug-likeness (QED) is 0.225. The van der Waals surface area contributed by atoms with Crippen molar-refractivity contribution in [1.82, 2.24) is 4.90 Å². The Bertz CT molecular complexity index is 1350. The van der Waals surface area contributed by atoms with Crippen LogP contribution in [0.1, 0.15) is 27.9 Å². The Morgan fingerprint density at radius 3 is 2.37 bits per heavy atom. The molecule has 0 heterocycles. The molecule has 0 saturated heterocycles. The monoisotopic (exact) mass is 481 g/mol. The molecule has 0 aliphatic heterocycles. The first-order valence-electron chi connectivity index (χ1n) is 10.6. The smallest absolute Gasteiger partial charge is 0.293 e. The van der Waals surface area contributed by atoms with Gasteiger partial charge in [-0.1, -0.05) is 5.92 Å². The number of aliphatic hydroxyl groups excluding tert-OH is 2. The number of fused-ring (bicyclic) bond motifs is 3. The Balaban J connectivity index is 1.96. The summed E-state index contributed by atoms with van der Waals surface area (Å²) in [4.78, 5) is 51.3. The van der Waals surface area contributed by atoms with Gasteiger partial charge in [-0.3, -0.25) is 24.1 Å². The van der Waals surface area contributed by atoms with Crippen LogP contribution in [0.15, 0.2) is 34.8 Å². The van der Waals surface area contributed by atoms with Gasteiger partial charge < -0.3 is 31.9 Å². The molecule has 0 radical (unpaired) electrons. The first kappa shape index (κ1) is 24.0. The second kappa shape index (κ2) is 7.97. The predicted molar refractivity (Wildman–Crippen MR) is 120 cm³/mol. The molecule has 4 atom stereocenters. The summed E-state index contributed by atoms with van der Waals surface area (Å²) in [5.41, 5.74) is 6.93. The minimum Gasteiger partial charge on any atom is -0.510 e. The molecule has 3 aliphatic carbocycles. The van der Waals surface area contributed by atoms with Gasteiger partial charge >= 0.3 is 0 Å². The lowest BCUT2D eigenvalue weighted by atomic mass is 9.58. The number of phenolic OH excluding ortho intramolecular Hbond substituents is 1. The summed E-state index contributed by atoms with van der Waals surface area (Å²) in [5.74, 6) is -3.46. The summed E-state index contributed by atoms with van der Waals surface area (Å²) in [6.45, 7) is 0. The summed E-state index contributed by atoms with van der Waals surface area (Å²) >= 11 is 0. The molecule has 0 spiro atoms. The van der Waals surface area contributed by atoms with E-state index in [-0.39, 0.29) is 29.5 Å². The molecule has 0 fully saturated rings. The Labute approximate surface area is 199 Å². The number of carbonyl (C=O) groups excluding carboxylic acids is 4. The maximum Gasteiger partial charge on any atom is 0.293 e. The van der Waals surface area contributed by atoms with Crippen LogP contribution in [-0.4, -0.2) is 74.4 Å². The maximum absolute atomic E-state index is 13.5. The number of phenols is 1. The molecule has 0 bridgehead atoms. The lowest BCUT2D eigenvalue weighted by Gasteiger charge is -2.50. The highest BCUT2D eigenvalue weighted by Gasteiger charge is 2.63. The minimum atomic E-state index is -2.70. The standard InChI is InChI=1S/C24H23N3O8/c1-27(2)18-12-8-10-7-11-9(4-6-14(25)29)3-5-13(28)16(11)19(30)15(10)21(32)24(12,35)22(33)17(20(18)31)23(26)34/h3,5,10,12,18,28,31-32,35H,7-8H2,1-2H3,(H2,25,29)(H2,26,34). The van der Waals surface area contributed by atoms with Gasteiger partial charge in [0, 0.05) is 17.1 Å². The number of aromatic hydroxyl groups is 1. The number of nitrogens with zero attached hydrogens (tertiary/aromatic N) is 1. The van der Waals surface area contributed by atoms with Crippen LogP contribution in [0.3, 0.4) is 0 Å².